The fourth-order valence-corrected chi connectivity index (χ4v) is 10.2. The normalized spacial score (nSPS) is 13.1. The van der Waals surface area contributed by atoms with Crippen molar-refractivity contribution in [1.29, 1.82) is 0 Å². The van der Waals surface area contributed by atoms with Crippen LogP contribution in [0, 0.1) is 0 Å². The lowest BCUT2D eigenvalue weighted by Crippen LogP contribution is -2.27. The molecule has 13 rings (SSSR count). The van der Waals surface area contributed by atoms with Crippen LogP contribution >= 0.6 is 0 Å². The van der Waals surface area contributed by atoms with E-state index in [1.165, 1.54) is 49.5 Å². The molecule has 1 aliphatic heterocycles. The molecule has 0 radical (unpaired) electrons. The monoisotopic (exact) mass is 794 g/mol. The predicted molar refractivity (Wildman–Crippen MR) is 254 cm³/mol. The van der Waals surface area contributed by atoms with Gasteiger partial charge in [0.15, 0.2) is 11.6 Å². The summed E-state index contributed by atoms with van der Waals surface area (Å²) in [5.41, 5.74) is 14.9. The molecule has 4 aromatic heterocycles. The molecule has 0 bridgehead atoms. The Kier molecular flexibility index (Phi) is 7.26. The molecule has 292 valence electrons. The number of nitrogens with zero attached hydrogens (tertiary/aromatic N) is 6. The van der Waals surface area contributed by atoms with E-state index in [1.54, 1.807) is 0 Å². The molecular formula is C56H38N6. The first-order valence-electron chi connectivity index (χ1n) is 21.2. The summed E-state index contributed by atoms with van der Waals surface area (Å²) in [5.74, 6) is 1.85. The van der Waals surface area contributed by atoms with Crippen LogP contribution < -0.4 is 0 Å². The van der Waals surface area contributed by atoms with E-state index in [9.17, 15) is 0 Å². The molecule has 0 saturated carbocycles. The Morgan fingerprint density at radius 1 is 0.419 bits per heavy atom. The van der Waals surface area contributed by atoms with Gasteiger partial charge in [-0.15, -0.1) is 0 Å². The quantitative estimate of drug-likeness (QED) is 0.174. The Bertz CT molecular complexity index is 3700. The molecule has 0 saturated heterocycles. The van der Waals surface area contributed by atoms with Gasteiger partial charge in [0.2, 0.25) is 5.95 Å². The summed E-state index contributed by atoms with van der Waals surface area (Å²) < 4.78 is 7.08. The summed E-state index contributed by atoms with van der Waals surface area (Å²) in [6.45, 7) is 4.78. The van der Waals surface area contributed by atoms with E-state index in [4.69, 9.17) is 15.0 Å². The molecule has 5 heterocycles. The van der Waals surface area contributed by atoms with Gasteiger partial charge >= 0.3 is 0 Å². The fraction of sp³-hybridized carbons (Fsp3) is 0.0536. The van der Waals surface area contributed by atoms with Crippen molar-refractivity contribution >= 4 is 54.5 Å². The van der Waals surface area contributed by atoms with E-state index in [0.29, 0.717) is 17.6 Å². The van der Waals surface area contributed by atoms with Crippen molar-refractivity contribution in [2.75, 3.05) is 0 Å². The van der Waals surface area contributed by atoms with E-state index < -0.39 is 0 Å². The minimum absolute atomic E-state index is 0.242. The molecule has 0 N–H and O–H groups in total. The van der Waals surface area contributed by atoms with Crippen LogP contribution in [-0.4, -0.2) is 28.7 Å². The fourth-order valence-electron chi connectivity index (χ4n) is 10.2. The zero-order valence-electron chi connectivity index (χ0n) is 34.2. The largest absolute Gasteiger partial charge is 0.316 e. The topological polar surface area (TPSA) is 53.5 Å². The van der Waals surface area contributed by atoms with Crippen molar-refractivity contribution < 1.29 is 0 Å². The third-order valence-electron chi connectivity index (χ3n) is 13.1. The maximum atomic E-state index is 5.14. The summed E-state index contributed by atoms with van der Waals surface area (Å²) >= 11 is 0. The molecule has 0 atom stereocenters. The average Bonchev–Trinajstić information content (AvgIpc) is 4.01. The Balaban J connectivity index is 1.04. The summed E-state index contributed by atoms with van der Waals surface area (Å²) in [6, 6.07) is 67.1. The SMILES string of the molecule is CC1(C)c2ccccc2-n2ccc3cc4c5cc(-c6ccc7c(c6)c6ccccc6n7-c6nc(-c7ccccc7)nc(-c7ccccc7)n6)ccc5n(-c5ccccc5)c4c1c32. The molecule has 0 fully saturated rings. The first-order valence-corrected chi connectivity index (χ1v) is 21.2. The molecule has 6 nitrogen and oxygen atoms in total. The van der Waals surface area contributed by atoms with Gasteiger partial charge in [-0.2, -0.15) is 9.97 Å². The van der Waals surface area contributed by atoms with Crippen molar-refractivity contribution in [3.63, 3.8) is 0 Å². The lowest BCUT2D eigenvalue weighted by molar-refractivity contribution is 0.632. The van der Waals surface area contributed by atoms with Crippen LogP contribution in [0.2, 0.25) is 0 Å². The van der Waals surface area contributed by atoms with Crippen LogP contribution in [-0.2, 0) is 5.41 Å². The summed E-state index contributed by atoms with van der Waals surface area (Å²) in [6.07, 6.45) is 2.25. The van der Waals surface area contributed by atoms with E-state index in [1.807, 2.05) is 36.4 Å². The number of hydrogen-bond acceptors (Lipinski definition) is 3. The molecule has 62 heavy (non-hydrogen) atoms. The average molecular weight is 795 g/mol. The van der Waals surface area contributed by atoms with Crippen molar-refractivity contribution in [2.24, 2.45) is 0 Å². The van der Waals surface area contributed by atoms with Gasteiger partial charge < -0.3 is 9.13 Å². The van der Waals surface area contributed by atoms with E-state index in [0.717, 1.165) is 49.7 Å². The lowest BCUT2D eigenvalue weighted by atomic mass is 9.74. The van der Waals surface area contributed by atoms with Gasteiger partial charge in [-0.05, 0) is 77.4 Å². The van der Waals surface area contributed by atoms with Gasteiger partial charge in [0.1, 0.15) is 0 Å². The zero-order valence-corrected chi connectivity index (χ0v) is 34.2. The van der Waals surface area contributed by atoms with Gasteiger partial charge in [0, 0.05) is 66.6 Å². The third kappa shape index (κ3) is 4.95. The molecule has 0 amide bonds. The Morgan fingerprint density at radius 2 is 0.984 bits per heavy atom. The highest BCUT2D eigenvalue weighted by molar-refractivity contribution is 6.17. The van der Waals surface area contributed by atoms with Crippen molar-refractivity contribution in [1.82, 2.24) is 28.7 Å². The van der Waals surface area contributed by atoms with Gasteiger partial charge in [-0.3, -0.25) is 4.57 Å². The lowest BCUT2D eigenvalue weighted by Gasteiger charge is -2.35. The van der Waals surface area contributed by atoms with Crippen molar-refractivity contribution in [3.8, 4) is 51.2 Å². The Labute approximate surface area is 357 Å². The summed E-state index contributed by atoms with van der Waals surface area (Å²) in [5, 5.41) is 6.03. The zero-order chi connectivity index (χ0) is 41.1. The van der Waals surface area contributed by atoms with Crippen LogP contribution in [0.15, 0.2) is 194 Å². The van der Waals surface area contributed by atoms with Gasteiger partial charge in [0.25, 0.3) is 0 Å². The second-order valence-corrected chi connectivity index (χ2v) is 16.9. The number of fused-ring (bicyclic) bond motifs is 9. The third-order valence-corrected chi connectivity index (χ3v) is 13.1. The molecule has 8 aromatic carbocycles. The van der Waals surface area contributed by atoms with E-state index >= 15 is 0 Å². The van der Waals surface area contributed by atoms with Crippen LogP contribution in [0.25, 0.3) is 106 Å². The molecule has 0 unspecified atom stereocenters. The van der Waals surface area contributed by atoms with Crippen LogP contribution in [0.4, 0.5) is 0 Å². The minimum atomic E-state index is -0.242. The Morgan fingerprint density at radius 3 is 1.68 bits per heavy atom. The van der Waals surface area contributed by atoms with E-state index in [2.05, 4.69) is 185 Å². The van der Waals surface area contributed by atoms with Crippen molar-refractivity contribution in [3.05, 3.63) is 205 Å². The molecule has 6 heteroatoms. The molecular weight excluding hydrogens is 757 g/mol. The van der Waals surface area contributed by atoms with E-state index in [-0.39, 0.29) is 5.41 Å². The first kappa shape index (κ1) is 34.7. The Hall–Kier alpha value is -8.09. The van der Waals surface area contributed by atoms with Crippen LogP contribution in [0.5, 0.6) is 0 Å². The van der Waals surface area contributed by atoms with Gasteiger partial charge in [-0.25, -0.2) is 4.98 Å². The second-order valence-electron chi connectivity index (χ2n) is 16.9. The number of benzene rings is 8. The highest BCUT2D eigenvalue weighted by Crippen LogP contribution is 2.50. The van der Waals surface area contributed by atoms with Gasteiger partial charge in [-0.1, -0.05) is 141 Å². The summed E-state index contributed by atoms with van der Waals surface area (Å²) in [7, 11) is 0. The standard InChI is InChI=1S/C56H38N6/c1-56(2)45-23-13-15-25-49(45)60-31-30-39-34-44-43-33-38(26-28-47(43)61(40-20-10-5-11-21-40)52(44)50(56)51(39)60)37-27-29-48-42(32-37)41-22-12-14-24-46(41)62(48)55-58-53(35-16-6-3-7-17-35)57-54(59-55)36-18-8-4-9-19-36/h3-34H,1-2H3. The number of para-hydroxylation sites is 3. The van der Waals surface area contributed by atoms with Crippen molar-refractivity contribution in [2.45, 2.75) is 19.3 Å². The molecule has 0 aliphatic carbocycles. The van der Waals surface area contributed by atoms with Crippen LogP contribution in [0.1, 0.15) is 25.0 Å². The number of hydrogen-bond donors (Lipinski definition) is 0. The maximum absolute atomic E-state index is 5.14. The summed E-state index contributed by atoms with van der Waals surface area (Å²) in [4.78, 5) is 15.3. The molecule has 12 aromatic rings. The maximum Gasteiger partial charge on any atom is 0.238 e. The highest BCUT2D eigenvalue weighted by atomic mass is 15.2. The number of rotatable bonds is 5. The first-order chi connectivity index (χ1) is 30.5. The van der Waals surface area contributed by atoms with Crippen LogP contribution in [0.3, 0.4) is 0 Å². The molecule has 1 aliphatic rings. The highest BCUT2D eigenvalue weighted by Gasteiger charge is 2.37. The second kappa shape index (κ2) is 13.0. The minimum Gasteiger partial charge on any atom is -0.316 e. The molecule has 0 spiro atoms. The predicted octanol–water partition coefficient (Wildman–Crippen LogP) is 13.6. The number of aromatic nitrogens is 6. The smallest absolute Gasteiger partial charge is 0.238 e. The van der Waals surface area contributed by atoms with Gasteiger partial charge in [0.05, 0.1) is 27.6 Å².